The van der Waals surface area contributed by atoms with E-state index in [9.17, 15) is 4.39 Å². The SMILES string of the molecule is CCCNC(CSc1ccccc1F)c1cnnn1C. The Morgan fingerprint density at radius 3 is 2.85 bits per heavy atom. The van der Waals surface area contributed by atoms with Crippen LogP contribution in [0.4, 0.5) is 4.39 Å². The predicted octanol–water partition coefficient (Wildman–Crippen LogP) is 2.79. The maximum atomic E-state index is 13.6. The highest BCUT2D eigenvalue weighted by Crippen LogP contribution is 2.26. The van der Waals surface area contributed by atoms with Crippen molar-refractivity contribution < 1.29 is 4.39 Å². The summed E-state index contributed by atoms with van der Waals surface area (Å²) < 4.78 is 15.4. The van der Waals surface area contributed by atoms with Crippen LogP contribution in [0.2, 0.25) is 0 Å². The lowest BCUT2D eigenvalue weighted by Gasteiger charge is -2.18. The Labute approximate surface area is 122 Å². The Morgan fingerprint density at radius 2 is 2.20 bits per heavy atom. The molecule has 6 heteroatoms. The van der Waals surface area contributed by atoms with Crippen LogP contribution < -0.4 is 5.32 Å². The van der Waals surface area contributed by atoms with E-state index < -0.39 is 0 Å². The van der Waals surface area contributed by atoms with Crippen molar-refractivity contribution in [2.45, 2.75) is 24.3 Å². The van der Waals surface area contributed by atoms with Crippen LogP contribution in [0.25, 0.3) is 0 Å². The summed E-state index contributed by atoms with van der Waals surface area (Å²) in [5.74, 6) is 0.567. The zero-order chi connectivity index (χ0) is 14.4. The average molecular weight is 294 g/mol. The van der Waals surface area contributed by atoms with E-state index in [1.807, 2.05) is 13.1 Å². The number of thioether (sulfide) groups is 1. The molecule has 0 aliphatic carbocycles. The van der Waals surface area contributed by atoms with Crippen molar-refractivity contribution in [3.05, 3.63) is 42.0 Å². The summed E-state index contributed by atoms with van der Waals surface area (Å²) in [6.45, 7) is 3.03. The zero-order valence-electron chi connectivity index (χ0n) is 11.7. The van der Waals surface area contributed by atoms with Crippen LogP contribution in [0, 0.1) is 5.82 Å². The maximum absolute atomic E-state index is 13.6. The van der Waals surface area contributed by atoms with E-state index >= 15 is 0 Å². The van der Waals surface area contributed by atoms with Gasteiger partial charge in [-0.25, -0.2) is 4.39 Å². The van der Waals surface area contributed by atoms with Crippen molar-refractivity contribution in [1.29, 1.82) is 0 Å². The minimum absolute atomic E-state index is 0.111. The number of nitrogens with one attached hydrogen (secondary N) is 1. The van der Waals surface area contributed by atoms with Gasteiger partial charge >= 0.3 is 0 Å². The first-order valence-electron chi connectivity index (χ1n) is 6.67. The summed E-state index contributed by atoms with van der Waals surface area (Å²) in [5.41, 5.74) is 1.02. The Morgan fingerprint density at radius 1 is 1.40 bits per heavy atom. The van der Waals surface area contributed by atoms with Crippen molar-refractivity contribution in [2.75, 3.05) is 12.3 Å². The van der Waals surface area contributed by atoms with E-state index in [1.54, 1.807) is 23.0 Å². The zero-order valence-corrected chi connectivity index (χ0v) is 12.5. The molecule has 0 radical (unpaired) electrons. The minimum Gasteiger partial charge on any atom is -0.308 e. The molecule has 0 bridgehead atoms. The van der Waals surface area contributed by atoms with E-state index in [1.165, 1.54) is 17.8 Å². The molecule has 4 nitrogen and oxygen atoms in total. The molecule has 0 saturated carbocycles. The number of nitrogens with zero attached hydrogens (tertiary/aromatic N) is 3. The fourth-order valence-electron chi connectivity index (χ4n) is 1.92. The summed E-state index contributed by atoms with van der Waals surface area (Å²) >= 11 is 1.51. The van der Waals surface area contributed by atoms with Crippen LogP contribution in [0.3, 0.4) is 0 Å². The molecule has 0 amide bonds. The van der Waals surface area contributed by atoms with Gasteiger partial charge in [0.1, 0.15) is 5.82 Å². The minimum atomic E-state index is -0.171. The van der Waals surface area contributed by atoms with Gasteiger partial charge in [0.15, 0.2) is 0 Å². The highest BCUT2D eigenvalue weighted by Gasteiger charge is 2.16. The molecule has 2 aromatic rings. The first kappa shape index (κ1) is 15.0. The third-order valence-corrected chi connectivity index (χ3v) is 4.13. The van der Waals surface area contributed by atoms with Gasteiger partial charge in [0.2, 0.25) is 0 Å². The van der Waals surface area contributed by atoms with Crippen LogP contribution in [-0.2, 0) is 7.05 Å². The van der Waals surface area contributed by atoms with Crippen LogP contribution in [0.15, 0.2) is 35.4 Å². The van der Waals surface area contributed by atoms with Gasteiger partial charge in [-0.05, 0) is 25.1 Å². The van der Waals surface area contributed by atoms with Gasteiger partial charge in [0.05, 0.1) is 17.9 Å². The Kier molecular flexibility index (Phi) is 5.55. The van der Waals surface area contributed by atoms with Crippen molar-refractivity contribution >= 4 is 11.8 Å². The standard InChI is InChI=1S/C14H19FN4S/c1-3-8-16-12(13-9-17-18-19(13)2)10-20-14-7-5-4-6-11(14)15/h4-7,9,12,16H,3,8,10H2,1-2H3. The van der Waals surface area contributed by atoms with Crippen molar-refractivity contribution in [2.24, 2.45) is 7.05 Å². The third-order valence-electron chi connectivity index (χ3n) is 2.99. The molecule has 20 heavy (non-hydrogen) atoms. The highest BCUT2D eigenvalue weighted by atomic mass is 32.2. The third kappa shape index (κ3) is 3.80. The molecule has 0 saturated heterocycles. The fraction of sp³-hybridized carbons (Fsp3) is 0.429. The molecule has 0 fully saturated rings. The molecule has 0 aliphatic heterocycles. The molecule has 1 heterocycles. The monoisotopic (exact) mass is 294 g/mol. The lowest BCUT2D eigenvalue weighted by Crippen LogP contribution is -2.26. The van der Waals surface area contributed by atoms with Crippen LogP contribution >= 0.6 is 11.8 Å². The van der Waals surface area contributed by atoms with Crippen molar-refractivity contribution in [3.8, 4) is 0 Å². The molecule has 1 aromatic heterocycles. The largest absolute Gasteiger partial charge is 0.308 e. The van der Waals surface area contributed by atoms with Crippen LogP contribution in [0.5, 0.6) is 0 Å². The van der Waals surface area contributed by atoms with Gasteiger partial charge in [0, 0.05) is 17.7 Å². The van der Waals surface area contributed by atoms with Crippen LogP contribution in [0.1, 0.15) is 25.1 Å². The number of halogens is 1. The van der Waals surface area contributed by atoms with E-state index in [2.05, 4.69) is 22.6 Å². The van der Waals surface area contributed by atoms with E-state index in [-0.39, 0.29) is 11.9 Å². The van der Waals surface area contributed by atoms with E-state index in [0.717, 1.165) is 24.4 Å². The van der Waals surface area contributed by atoms with E-state index in [4.69, 9.17) is 0 Å². The number of rotatable bonds is 7. The molecule has 1 unspecified atom stereocenters. The lowest BCUT2D eigenvalue weighted by molar-refractivity contribution is 0.532. The Bertz CT molecular complexity index is 543. The molecule has 2 rings (SSSR count). The summed E-state index contributed by atoms with van der Waals surface area (Å²) in [5, 5.41) is 11.3. The summed E-state index contributed by atoms with van der Waals surface area (Å²) in [4.78, 5) is 0.672. The molecule has 0 spiro atoms. The number of aromatic nitrogens is 3. The Balaban J connectivity index is 2.05. The fourth-order valence-corrected chi connectivity index (χ4v) is 2.93. The molecule has 1 N–H and O–H groups in total. The number of hydrogen-bond donors (Lipinski definition) is 1. The van der Waals surface area contributed by atoms with Crippen molar-refractivity contribution in [3.63, 3.8) is 0 Å². The number of hydrogen-bond acceptors (Lipinski definition) is 4. The van der Waals surface area contributed by atoms with Gasteiger partial charge in [-0.15, -0.1) is 16.9 Å². The predicted molar refractivity (Wildman–Crippen MR) is 79.2 cm³/mol. The average Bonchev–Trinajstić information content (AvgIpc) is 2.87. The summed E-state index contributed by atoms with van der Waals surface area (Å²) in [6.07, 6.45) is 2.81. The highest BCUT2D eigenvalue weighted by molar-refractivity contribution is 7.99. The second kappa shape index (κ2) is 7.40. The van der Waals surface area contributed by atoms with E-state index in [0.29, 0.717) is 4.90 Å². The smallest absolute Gasteiger partial charge is 0.136 e. The van der Waals surface area contributed by atoms with Crippen molar-refractivity contribution in [1.82, 2.24) is 20.3 Å². The second-order valence-electron chi connectivity index (χ2n) is 4.53. The summed E-state index contributed by atoms with van der Waals surface area (Å²) in [7, 11) is 1.87. The summed E-state index contributed by atoms with van der Waals surface area (Å²) in [6, 6.07) is 6.96. The molecule has 1 atom stereocenters. The lowest BCUT2D eigenvalue weighted by atomic mass is 10.2. The first-order chi connectivity index (χ1) is 9.72. The molecular formula is C14H19FN4S. The molecule has 108 valence electrons. The maximum Gasteiger partial charge on any atom is 0.136 e. The number of aryl methyl sites for hydroxylation is 1. The van der Waals surface area contributed by atoms with Gasteiger partial charge in [-0.2, -0.15) is 0 Å². The van der Waals surface area contributed by atoms with Gasteiger partial charge in [-0.3, -0.25) is 4.68 Å². The first-order valence-corrected chi connectivity index (χ1v) is 7.66. The topological polar surface area (TPSA) is 42.7 Å². The second-order valence-corrected chi connectivity index (χ2v) is 5.59. The Hall–Kier alpha value is -1.40. The van der Waals surface area contributed by atoms with Crippen LogP contribution in [-0.4, -0.2) is 27.3 Å². The van der Waals surface area contributed by atoms with Gasteiger partial charge in [-0.1, -0.05) is 24.3 Å². The molecule has 0 aliphatic rings. The molecular weight excluding hydrogens is 275 g/mol. The van der Waals surface area contributed by atoms with Gasteiger partial charge < -0.3 is 5.32 Å². The molecule has 1 aromatic carbocycles. The van der Waals surface area contributed by atoms with Gasteiger partial charge in [0.25, 0.3) is 0 Å². The number of benzene rings is 1. The normalized spacial score (nSPS) is 12.6. The quantitative estimate of drug-likeness (QED) is 0.797.